The van der Waals surface area contributed by atoms with Gasteiger partial charge in [0, 0.05) is 6.54 Å². The molecule has 1 amide bonds. The number of thiocarbonyl (C=S) groups is 1. The van der Waals surface area contributed by atoms with Crippen molar-refractivity contribution in [2.45, 2.75) is 64.7 Å². The van der Waals surface area contributed by atoms with Gasteiger partial charge in [0.25, 0.3) is 0 Å². The average molecular weight is 296 g/mol. The summed E-state index contributed by atoms with van der Waals surface area (Å²) in [5.41, 5.74) is 5.38. The fourth-order valence-electron chi connectivity index (χ4n) is 3.83. The molecule has 0 bridgehead atoms. The smallest absolute Gasteiger partial charge is 0.233 e. The molecule has 2 aliphatic carbocycles. The highest BCUT2D eigenvalue weighted by Crippen LogP contribution is 2.36. The zero-order chi connectivity index (χ0) is 14.6. The van der Waals surface area contributed by atoms with Gasteiger partial charge in [-0.3, -0.25) is 4.79 Å². The van der Waals surface area contributed by atoms with Crippen molar-refractivity contribution in [1.82, 2.24) is 5.32 Å². The Kier molecular flexibility index (Phi) is 5.42. The molecule has 20 heavy (non-hydrogen) atoms. The summed E-state index contributed by atoms with van der Waals surface area (Å²) in [6, 6.07) is 0. The maximum atomic E-state index is 12.7. The maximum Gasteiger partial charge on any atom is 0.233 e. The van der Waals surface area contributed by atoms with Crippen LogP contribution in [0.5, 0.6) is 0 Å². The standard InChI is InChI=1S/C16H28N2OS/c1-12-6-7-13(10-12)11-18-15(19)16(14(17)20)8-4-2-3-5-9-16/h12-13H,2-11H2,1H3,(H2,17,20)(H,18,19). The zero-order valence-electron chi connectivity index (χ0n) is 12.6. The van der Waals surface area contributed by atoms with Crippen molar-refractivity contribution in [2.24, 2.45) is 23.0 Å². The molecule has 2 unspecified atom stereocenters. The molecule has 2 rings (SSSR count). The van der Waals surface area contributed by atoms with Crippen molar-refractivity contribution >= 4 is 23.1 Å². The Labute approximate surface area is 128 Å². The highest BCUT2D eigenvalue weighted by atomic mass is 32.1. The Bertz CT molecular complexity index is 361. The van der Waals surface area contributed by atoms with Crippen molar-refractivity contribution in [3.63, 3.8) is 0 Å². The molecule has 0 saturated heterocycles. The van der Waals surface area contributed by atoms with Crippen molar-refractivity contribution in [2.75, 3.05) is 6.54 Å². The van der Waals surface area contributed by atoms with E-state index in [-0.39, 0.29) is 5.91 Å². The van der Waals surface area contributed by atoms with Gasteiger partial charge in [0.15, 0.2) is 0 Å². The first-order valence-electron chi connectivity index (χ1n) is 8.13. The van der Waals surface area contributed by atoms with Crippen LogP contribution in [0.15, 0.2) is 0 Å². The van der Waals surface area contributed by atoms with Crippen molar-refractivity contribution < 1.29 is 4.79 Å². The Hall–Kier alpha value is -0.640. The number of nitrogens with one attached hydrogen (secondary N) is 1. The Morgan fingerprint density at radius 1 is 1.25 bits per heavy atom. The van der Waals surface area contributed by atoms with Gasteiger partial charge in [-0.05, 0) is 37.5 Å². The molecular weight excluding hydrogens is 268 g/mol. The third-order valence-electron chi connectivity index (χ3n) is 5.22. The van der Waals surface area contributed by atoms with Crippen LogP contribution in [-0.2, 0) is 4.79 Å². The topological polar surface area (TPSA) is 55.1 Å². The van der Waals surface area contributed by atoms with E-state index in [1.807, 2.05) is 0 Å². The second-order valence-corrected chi connectivity index (χ2v) is 7.29. The largest absolute Gasteiger partial charge is 0.392 e. The van der Waals surface area contributed by atoms with Crippen LogP contribution >= 0.6 is 12.2 Å². The predicted molar refractivity (Wildman–Crippen MR) is 86.4 cm³/mol. The summed E-state index contributed by atoms with van der Waals surface area (Å²) in [6.07, 6.45) is 9.93. The quantitative estimate of drug-likeness (QED) is 0.619. The van der Waals surface area contributed by atoms with E-state index in [0.717, 1.165) is 38.1 Å². The molecule has 2 aliphatic rings. The molecule has 0 aromatic carbocycles. The van der Waals surface area contributed by atoms with Gasteiger partial charge in [0.1, 0.15) is 0 Å². The summed E-state index contributed by atoms with van der Waals surface area (Å²) in [6.45, 7) is 3.09. The Balaban J connectivity index is 1.94. The van der Waals surface area contributed by atoms with Gasteiger partial charge in [0.05, 0.1) is 10.4 Å². The summed E-state index contributed by atoms with van der Waals surface area (Å²) in [4.78, 5) is 13.1. The summed E-state index contributed by atoms with van der Waals surface area (Å²) < 4.78 is 0. The lowest BCUT2D eigenvalue weighted by Gasteiger charge is -2.30. The lowest BCUT2D eigenvalue weighted by molar-refractivity contribution is -0.128. The van der Waals surface area contributed by atoms with E-state index in [2.05, 4.69) is 12.2 Å². The molecule has 0 aromatic rings. The first-order chi connectivity index (χ1) is 9.54. The number of carbonyl (C=O) groups is 1. The van der Waals surface area contributed by atoms with Gasteiger partial charge in [-0.2, -0.15) is 0 Å². The fourth-order valence-corrected chi connectivity index (χ4v) is 4.13. The minimum absolute atomic E-state index is 0.0893. The van der Waals surface area contributed by atoms with E-state index in [9.17, 15) is 4.79 Å². The minimum atomic E-state index is -0.573. The van der Waals surface area contributed by atoms with E-state index in [1.54, 1.807) is 0 Å². The van der Waals surface area contributed by atoms with Gasteiger partial charge in [0.2, 0.25) is 5.91 Å². The number of carbonyl (C=O) groups excluding carboxylic acids is 1. The van der Waals surface area contributed by atoms with Gasteiger partial charge in [-0.25, -0.2) is 0 Å². The fraction of sp³-hybridized carbons (Fsp3) is 0.875. The van der Waals surface area contributed by atoms with Crippen molar-refractivity contribution in [3.05, 3.63) is 0 Å². The van der Waals surface area contributed by atoms with Crippen LogP contribution < -0.4 is 11.1 Å². The third kappa shape index (κ3) is 3.51. The highest BCUT2D eigenvalue weighted by molar-refractivity contribution is 7.80. The molecule has 0 heterocycles. The number of rotatable bonds is 4. The Morgan fingerprint density at radius 2 is 1.90 bits per heavy atom. The second kappa shape index (κ2) is 6.88. The minimum Gasteiger partial charge on any atom is -0.392 e. The van der Waals surface area contributed by atoms with Crippen LogP contribution in [0.25, 0.3) is 0 Å². The average Bonchev–Trinajstić information content (AvgIpc) is 2.68. The van der Waals surface area contributed by atoms with Crippen LogP contribution in [-0.4, -0.2) is 17.4 Å². The van der Waals surface area contributed by atoms with Crippen LogP contribution in [0.2, 0.25) is 0 Å². The van der Waals surface area contributed by atoms with E-state index in [4.69, 9.17) is 18.0 Å². The maximum absolute atomic E-state index is 12.7. The summed E-state index contributed by atoms with van der Waals surface area (Å²) in [5.74, 6) is 1.54. The van der Waals surface area contributed by atoms with Crippen molar-refractivity contribution in [3.8, 4) is 0 Å². The molecule has 2 fully saturated rings. The van der Waals surface area contributed by atoms with E-state index in [0.29, 0.717) is 10.9 Å². The number of hydrogen-bond donors (Lipinski definition) is 2. The molecule has 114 valence electrons. The van der Waals surface area contributed by atoms with E-state index >= 15 is 0 Å². The summed E-state index contributed by atoms with van der Waals surface area (Å²) in [7, 11) is 0. The number of hydrogen-bond acceptors (Lipinski definition) is 2. The number of nitrogens with two attached hydrogens (primary N) is 1. The molecule has 0 aliphatic heterocycles. The molecule has 4 heteroatoms. The van der Waals surface area contributed by atoms with Gasteiger partial charge < -0.3 is 11.1 Å². The van der Waals surface area contributed by atoms with Crippen molar-refractivity contribution in [1.29, 1.82) is 0 Å². The van der Waals surface area contributed by atoms with E-state index in [1.165, 1.54) is 32.1 Å². The number of amides is 1. The molecule has 0 spiro atoms. The summed E-state index contributed by atoms with van der Waals surface area (Å²) >= 11 is 5.25. The Morgan fingerprint density at radius 3 is 2.40 bits per heavy atom. The molecule has 2 atom stereocenters. The second-order valence-electron chi connectivity index (χ2n) is 6.85. The highest BCUT2D eigenvalue weighted by Gasteiger charge is 2.41. The first-order valence-corrected chi connectivity index (χ1v) is 8.53. The molecule has 0 radical (unpaired) electrons. The molecule has 2 saturated carbocycles. The zero-order valence-corrected chi connectivity index (χ0v) is 13.4. The van der Waals surface area contributed by atoms with Gasteiger partial charge in [-0.1, -0.05) is 51.2 Å². The van der Waals surface area contributed by atoms with Gasteiger partial charge in [-0.15, -0.1) is 0 Å². The predicted octanol–water partition coefficient (Wildman–Crippen LogP) is 3.17. The molecule has 0 aromatic heterocycles. The van der Waals surface area contributed by atoms with Gasteiger partial charge >= 0.3 is 0 Å². The van der Waals surface area contributed by atoms with Crippen LogP contribution in [0.3, 0.4) is 0 Å². The van der Waals surface area contributed by atoms with Crippen LogP contribution in [0.4, 0.5) is 0 Å². The lowest BCUT2D eigenvalue weighted by atomic mass is 9.79. The van der Waals surface area contributed by atoms with E-state index < -0.39 is 5.41 Å². The van der Waals surface area contributed by atoms with Crippen LogP contribution in [0, 0.1) is 17.3 Å². The molecule has 3 nitrogen and oxygen atoms in total. The van der Waals surface area contributed by atoms with Crippen LogP contribution in [0.1, 0.15) is 64.7 Å². The monoisotopic (exact) mass is 296 g/mol. The normalized spacial score (nSPS) is 29.6. The third-order valence-corrected chi connectivity index (χ3v) is 5.61. The molecule has 3 N–H and O–H groups in total. The summed E-state index contributed by atoms with van der Waals surface area (Å²) in [5, 5.41) is 3.16. The first kappa shape index (κ1) is 15.7. The lowest BCUT2D eigenvalue weighted by Crippen LogP contribution is -2.49. The SMILES string of the molecule is CC1CCC(CNC(=O)C2(C(N)=S)CCCCCC2)C1. The molecular formula is C16H28N2OS.